The van der Waals surface area contributed by atoms with Crippen LogP contribution in [0.25, 0.3) is 10.9 Å². The molecule has 1 amide bonds. The number of rotatable bonds is 4. The van der Waals surface area contributed by atoms with Crippen molar-refractivity contribution in [1.29, 1.82) is 0 Å². The minimum atomic E-state index is -0.322. The molecule has 1 aliphatic rings. The van der Waals surface area contributed by atoms with E-state index in [1.807, 2.05) is 24.3 Å². The van der Waals surface area contributed by atoms with E-state index in [1.54, 1.807) is 11.0 Å². The van der Waals surface area contributed by atoms with E-state index in [1.165, 1.54) is 0 Å². The Hall–Kier alpha value is -2.14. The first-order valence-electron chi connectivity index (χ1n) is 8.57. The quantitative estimate of drug-likeness (QED) is 0.939. The van der Waals surface area contributed by atoms with Gasteiger partial charge in [-0.1, -0.05) is 32.0 Å². The minimum absolute atomic E-state index is 0.190. The fraction of sp³-hybridized carbons (Fsp3) is 0.474. The average Bonchev–Trinajstić information content (AvgIpc) is 2.59. The van der Waals surface area contributed by atoms with Gasteiger partial charge in [0.2, 0.25) is 0 Å². The lowest BCUT2D eigenvalue weighted by atomic mass is 10.1. The predicted molar refractivity (Wildman–Crippen MR) is 94.3 cm³/mol. The van der Waals surface area contributed by atoms with Gasteiger partial charge in [0.15, 0.2) is 0 Å². The van der Waals surface area contributed by atoms with Crippen molar-refractivity contribution in [2.45, 2.75) is 32.8 Å². The fourth-order valence-electron chi connectivity index (χ4n) is 3.03. The van der Waals surface area contributed by atoms with Crippen LogP contribution < -0.4 is 5.56 Å². The van der Waals surface area contributed by atoms with Crippen LogP contribution in [0.1, 0.15) is 37.0 Å². The monoisotopic (exact) mass is 328 g/mol. The van der Waals surface area contributed by atoms with Crippen LogP contribution in [-0.2, 0) is 4.74 Å². The van der Waals surface area contributed by atoms with Crippen molar-refractivity contribution >= 4 is 16.8 Å². The maximum Gasteiger partial charge on any atom is 0.261 e. The molecular weight excluding hydrogens is 304 g/mol. The van der Waals surface area contributed by atoms with Crippen molar-refractivity contribution in [2.75, 3.05) is 19.7 Å². The van der Waals surface area contributed by atoms with E-state index < -0.39 is 0 Å². The number of carbonyl (C=O) groups excluding carboxylic acids is 1. The molecule has 128 valence electrons. The number of nitrogens with zero attached hydrogens (tertiary/aromatic N) is 1. The molecule has 0 atom stereocenters. The number of hydrogen-bond acceptors (Lipinski definition) is 3. The molecule has 0 radical (unpaired) electrons. The van der Waals surface area contributed by atoms with Crippen molar-refractivity contribution in [1.82, 2.24) is 9.88 Å². The third-order valence-electron chi connectivity index (χ3n) is 4.38. The average molecular weight is 328 g/mol. The van der Waals surface area contributed by atoms with Gasteiger partial charge in [-0.3, -0.25) is 9.59 Å². The molecule has 1 saturated heterocycles. The summed E-state index contributed by atoms with van der Waals surface area (Å²) in [5.41, 5.74) is 0.645. The third kappa shape index (κ3) is 3.67. The zero-order chi connectivity index (χ0) is 17.1. The van der Waals surface area contributed by atoms with Gasteiger partial charge in [-0.15, -0.1) is 0 Å². The molecule has 1 aromatic carbocycles. The molecule has 24 heavy (non-hydrogen) atoms. The second-order valence-corrected chi connectivity index (χ2v) is 6.82. The highest BCUT2D eigenvalue weighted by atomic mass is 16.5. The van der Waals surface area contributed by atoms with E-state index >= 15 is 0 Å². The molecule has 1 aliphatic heterocycles. The minimum Gasteiger partial charge on any atom is -0.378 e. The lowest BCUT2D eigenvalue weighted by molar-refractivity contribution is -0.00234. The van der Waals surface area contributed by atoms with Gasteiger partial charge in [0.1, 0.15) is 5.56 Å². The molecule has 0 unspecified atom stereocenters. The Kier molecular flexibility index (Phi) is 5.00. The standard InChI is InChI=1S/C19H24N2O3/c1-13(2)12-24-15-7-9-21(10-8-15)19(23)16-11-14-5-3-4-6-17(14)20-18(16)22/h3-6,11,13,15H,7-10,12H2,1-2H3,(H,20,22). The summed E-state index contributed by atoms with van der Waals surface area (Å²) < 4.78 is 5.85. The topological polar surface area (TPSA) is 62.4 Å². The number of ether oxygens (including phenoxy) is 1. The summed E-state index contributed by atoms with van der Waals surface area (Å²) in [5, 5.41) is 0.871. The number of amides is 1. The fourth-order valence-corrected chi connectivity index (χ4v) is 3.03. The first kappa shape index (κ1) is 16.7. The summed E-state index contributed by atoms with van der Waals surface area (Å²) >= 11 is 0. The van der Waals surface area contributed by atoms with E-state index in [4.69, 9.17) is 4.74 Å². The molecule has 5 nitrogen and oxygen atoms in total. The van der Waals surface area contributed by atoms with Crippen LogP contribution in [0, 0.1) is 5.92 Å². The van der Waals surface area contributed by atoms with Crippen molar-refractivity contribution in [3.05, 3.63) is 46.2 Å². The molecule has 1 N–H and O–H groups in total. The number of pyridine rings is 1. The second kappa shape index (κ2) is 7.18. The second-order valence-electron chi connectivity index (χ2n) is 6.82. The Morgan fingerprint density at radius 1 is 1.29 bits per heavy atom. The zero-order valence-electron chi connectivity index (χ0n) is 14.2. The van der Waals surface area contributed by atoms with Gasteiger partial charge in [0.05, 0.1) is 6.10 Å². The first-order chi connectivity index (χ1) is 11.5. The molecule has 0 spiro atoms. The van der Waals surface area contributed by atoms with Crippen LogP contribution in [0.5, 0.6) is 0 Å². The molecule has 1 fully saturated rings. The van der Waals surface area contributed by atoms with Crippen LogP contribution in [0.4, 0.5) is 0 Å². The number of benzene rings is 1. The number of hydrogen-bond donors (Lipinski definition) is 1. The van der Waals surface area contributed by atoms with Crippen molar-refractivity contribution in [3.8, 4) is 0 Å². The molecular formula is C19H24N2O3. The lowest BCUT2D eigenvalue weighted by Crippen LogP contribution is -2.42. The molecule has 3 rings (SSSR count). The van der Waals surface area contributed by atoms with Gasteiger partial charge in [-0.25, -0.2) is 0 Å². The van der Waals surface area contributed by atoms with Gasteiger partial charge in [-0.05, 0) is 36.3 Å². The molecule has 5 heteroatoms. The van der Waals surface area contributed by atoms with Crippen LogP contribution in [0.3, 0.4) is 0 Å². The highest BCUT2D eigenvalue weighted by molar-refractivity contribution is 5.97. The van der Waals surface area contributed by atoms with Crippen LogP contribution in [0.15, 0.2) is 35.1 Å². The number of nitrogens with one attached hydrogen (secondary N) is 1. The van der Waals surface area contributed by atoms with Crippen LogP contribution >= 0.6 is 0 Å². The van der Waals surface area contributed by atoms with E-state index in [0.29, 0.717) is 19.0 Å². The first-order valence-corrected chi connectivity index (χ1v) is 8.57. The number of fused-ring (bicyclic) bond motifs is 1. The Bertz CT molecular complexity index is 774. The maximum absolute atomic E-state index is 12.7. The smallest absolute Gasteiger partial charge is 0.261 e. The SMILES string of the molecule is CC(C)COC1CCN(C(=O)c2cc3ccccc3[nH]c2=O)CC1. The molecule has 2 aromatic rings. The van der Waals surface area contributed by atoms with Crippen LogP contribution in [0.2, 0.25) is 0 Å². The highest BCUT2D eigenvalue weighted by Crippen LogP contribution is 2.17. The van der Waals surface area contributed by atoms with E-state index in [2.05, 4.69) is 18.8 Å². The lowest BCUT2D eigenvalue weighted by Gasteiger charge is -2.32. The van der Waals surface area contributed by atoms with Gasteiger partial charge in [-0.2, -0.15) is 0 Å². The zero-order valence-corrected chi connectivity index (χ0v) is 14.2. The van der Waals surface area contributed by atoms with Gasteiger partial charge in [0.25, 0.3) is 11.5 Å². The number of aromatic nitrogens is 1. The van der Waals surface area contributed by atoms with E-state index in [-0.39, 0.29) is 23.1 Å². The highest BCUT2D eigenvalue weighted by Gasteiger charge is 2.25. The third-order valence-corrected chi connectivity index (χ3v) is 4.38. The molecule has 0 saturated carbocycles. The number of H-pyrrole nitrogens is 1. The number of para-hydroxylation sites is 1. The van der Waals surface area contributed by atoms with E-state index in [0.717, 1.165) is 30.4 Å². The van der Waals surface area contributed by atoms with Crippen molar-refractivity contribution in [2.24, 2.45) is 5.92 Å². The van der Waals surface area contributed by atoms with Crippen molar-refractivity contribution in [3.63, 3.8) is 0 Å². The van der Waals surface area contributed by atoms with Crippen molar-refractivity contribution < 1.29 is 9.53 Å². The van der Waals surface area contributed by atoms with E-state index in [9.17, 15) is 9.59 Å². The van der Waals surface area contributed by atoms with Crippen LogP contribution in [-0.4, -0.2) is 41.6 Å². The largest absolute Gasteiger partial charge is 0.378 e. The predicted octanol–water partition coefficient (Wildman–Crippen LogP) is 2.81. The summed E-state index contributed by atoms with van der Waals surface area (Å²) in [5.74, 6) is 0.324. The van der Waals surface area contributed by atoms with Gasteiger partial charge in [0, 0.05) is 25.2 Å². The molecule has 1 aromatic heterocycles. The summed E-state index contributed by atoms with van der Waals surface area (Å²) in [7, 11) is 0. The maximum atomic E-state index is 12.7. The normalized spacial score (nSPS) is 16.0. The summed E-state index contributed by atoms with van der Waals surface area (Å²) in [6.07, 6.45) is 1.86. The summed E-state index contributed by atoms with van der Waals surface area (Å²) in [4.78, 5) is 29.5. The molecule has 0 aliphatic carbocycles. The number of carbonyl (C=O) groups is 1. The Balaban J connectivity index is 1.69. The summed E-state index contributed by atoms with van der Waals surface area (Å²) in [6.45, 7) is 6.28. The number of likely N-dealkylation sites (tertiary alicyclic amines) is 1. The number of aromatic amines is 1. The molecule has 2 heterocycles. The number of piperidine rings is 1. The Morgan fingerprint density at radius 3 is 2.71 bits per heavy atom. The summed E-state index contributed by atoms with van der Waals surface area (Å²) in [6, 6.07) is 9.18. The van der Waals surface area contributed by atoms with Gasteiger partial charge < -0.3 is 14.6 Å². The van der Waals surface area contributed by atoms with Gasteiger partial charge >= 0.3 is 0 Å². The molecule has 0 bridgehead atoms. The Labute approximate surface area is 141 Å². The Morgan fingerprint density at radius 2 is 2.00 bits per heavy atom.